The molecular weight excluding hydrogens is 480 g/mol. The molecule has 1 atom stereocenters. The third kappa shape index (κ3) is 2.94. The van der Waals surface area contributed by atoms with Gasteiger partial charge in [0.2, 0.25) is 0 Å². The summed E-state index contributed by atoms with van der Waals surface area (Å²) in [4.78, 5) is 26.7. The zero-order chi connectivity index (χ0) is 25.3. The van der Waals surface area contributed by atoms with Crippen LogP contribution in [-0.2, 0) is 14.1 Å². The summed E-state index contributed by atoms with van der Waals surface area (Å²) in [6, 6.07) is 18.8. The Hall–Kier alpha value is -4.43. The molecule has 8 nitrogen and oxygen atoms in total. The zero-order valence-corrected chi connectivity index (χ0v) is 20.1. The number of hydrogen-bond acceptors (Lipinski definition) is 5. The van der Waals surface area contributed by atoms with Crippen LogP contribution in [-0.4, -0.2) is 23.9 Å². The van der Waals surface area contributed by atoms with Crippen LogP contribution in [0, 0.1) is 0 Å². The van der Waals surface area contributed by atoms with E-state index < -0.39 is 17.3 Å². The molecule has 9 heteroatoms. The van der Waals surface area contributed by atoms with E-state index in [-0.39, 0.29) is 11.5 Å². The molecule has 3 N–H and O–H groups in total. The van der Waals surface area contributed by atoms with Gasteiger partial charge in [0.15, 0.2) is 11.5 Å². The highest BCUT2D eigenvalue weighted by Crippen LogP contribution is 2.47. The minimum atomic E-state index is -0.687. The molecular formula is C27H21ClN4O4. The molecule has 0 amide bonds. The number of benzene rings is 3. The first kappa shape index (κ1) is 22.1. The van der Waals surface area contributed by atoms with Crippen molar-refractivity contribution in [1.82, 2.24) is 13.7 Å². The van der Waals surface area contributed by atoms with E-state index in [0.717, 1.165) is 21.5 Å². The fraction of sp³-hybridized carbons (Fsp3) is 0.111. The number of phenols is 2. The van der Waals surface area contributed by atoms with Crippen LogP contribution < -0.4 is 16.6 Å². The molecule has 6 rings (SSSR count). The minimum Gasteiger partial charge on any atom is -0.504 e. The van der Waals surface area contributed by atoms with Crippen LogP contribution in [0.1, 0.15) is 17.3 Å². The van der Waals surface area contributed by atoms with Gasteiger partial charge in [-0.3, -0.25) is 13.9 Å². The van der Waals surface area contributed by atoms with Gasteiger partial charge in [0.1, 0.15) is 0 Å². The molecule has 1 aliphatic heterocycles. The summed E-state index contributed by atoms with van der Waals surface area (Å²) in [6.45, 7) is 0. The second-order valence-electron chi connectivity index (χ2n) is 8.81. The molecule has 0 saturated heterocycles. The number of halogens is 1. The van der Waals surface area contributed by atoms with Crippen LogP contribution in [0.25, 0.3) is 27.8 Å². The van der Waals surface area contributed by atoms with Gasteiger partial charge in [-0.15, -0.1) is 0 Å². The molecule has 0 unspecified atom stereocenters. The first-order chi connectivity index (χ1) is 17.3. The number of hydrogen-bond donors (Lipinski definition) is 3. The Labute approximate surface area is 209 Å². The third-order valence-corrected chi connectivity index (χ3v) is 7.05. The second-order valence-corrected chi connectivity index (χ2v) is 9.25. The topological polar surface area (TPSA) is 101 Å². The molecule has 36 heavy (non-hydrogen) atoms. The lowest BCUT2D eigenvalue weighted by atomic mass is 9.98. The number of phenolic OH excluding ortho intramolecular Hbond substituents is 2. The number of nitrogens with zero attached hydrogens (tertiary/aromatic N) is 3. The van der Waals surface area contributed by atoms with Gasteiger partial charge in [-0.1, -0.05) is 48.0 Å². The van der Waals surface area contributed by atoms with E-state index in [1.54, 1.807) is 31.3 Å². The quantitative estimate of drug-likeness (QED) is 0.314. The predicted molar refractivity (Wildman–Crippen MR) is 139 cm³/mol. The van der Waals surface area contributed by atoms with E-state index in [1.807, 2.05) is 41.0 Å². The standard InChI is InChI=1S/C27H21ClN4O4/c1-30-23-20(26(35)31(2)27(30)36)22(14-10-12-15(28)13-11-14)32-18-8-4-3-7-17(18)29-21(24(23)32)16-6-5-9-19(33)25(16)34/h3-13,21,29,33-34H,1-2H3/t21-/m0/s1. The second kappa shape index (κ2) is 7.79. The number of nitrogens with one attached hydrogen (secondary N) is 1. The van der Waals surface area contributed by atoms with Gasteiger partial charge in [-0.25, -0.2) is 4.79 Å². The lowest BCUT2D eigenvalue weighted by Gasteiger charge is -2.31. The predicted octanol–water partition coefficient (Wildman–Crippen LogP) is 4.27. The molecule has 3 heterocycles. The van der Waals surface area contributed by atoms with Crippen molar-refractivity contribution in [3.05, 3.63) is 104 Å². The molecule has 0 saturated carbocycles. The van der Waals surface area contributed by atoms with Crippen molar-refractivity contribution >= 4 is 28.2 Å². The van der Waals surface area contributed by atoms with Gasteiger partial charge >= 0.3 is 5.69 Å². The average molecular weight is 501 g/mol. The van der Waals surface area contributed by atoms with Crippen molar-refractivity contribution in [2.75, 3.05) is 5.32 Å². The summed E-state index contributed by atoms with van der Waals surface area (Å²) in [5.41, 5.74) is 3.40. The van der Waals surface area contributed by atoms with Gasteiger partial charge in [0.25, 0.3) is 5.56 Å². The van der Waals surface area contributed by atoms with Gasteiger partial charge in [-0.05, 0) is 35.9 Å². The molecule has 0 spiro atoms. The number of anilines is 1. The molecule has 180 valence electrons. The summed E-state index contributed by atoms with van der Waals surface area (Å²) >= 11 is 6.17. The highest BCUT2D eigenvalue weighted by Gasteiger charge is 2.36. The van der Waals surface area contributed by atoms with Crippen molar-refractivity contribution in [3.63, 3.8) is 0 Å². The Morgan fingerprint density at radius 3 is 2.36 bits per heavy atom. The monoisotopic (exact) mass is 500 g/mol. The Kier molecular flexibility index (Phi) is 4.77. The molecule has 5 aromatic rings. The first-order valence-electron chi connectivity index (χ1n) is 11.3. The zero-order valence-electron chi connectivity index (χ0n) is 19.4. The number of aromatic hydroxyl groups is 2. The Bertz CT molecular complexity index is 1820. The molecule has 0 radical (unpaired) electrons. The van der Waals surface area contributed by atoms with Crippen molar-refractivity contribution in [2.24, 2.45) is 14.1 Å². The number of fused-ring (bicyclic) bond motifs is 5. The van der Waals surface area contributed by atoms with E-state index in [4.69, 9.17) is 11.6 Å². The molecule has 0 aliphatic carbocycles. The normalized spacial score (nSPS) is 14.4. The Morgan fingerprint density at radius 2 is 1.61 bits per heavy atom. The number of aryl methyl sites for hydroxylation is 1. The van der Waals surface area contributed by atoms with E-state index in [9.17, 15) is 19.8 Å². The average Bonchev–Trinajstić information content (AvgIpc) is 3.24. The summed E-state index contributed by atoms with van der Waals surface area (Å²) in [5.74, 6) is -0.546. The Morgan fingerprint density at radius 1 is 0.889 bits per heavy atom. The van der Waals surface area contributed by atoms with E-state index >= 15 is 0 Å². The lowest BCUT2D eigenvalue weighted by molar-refractivity contribution is 0.398. The number of rotatable bonds is 2. The van der Waals surface area contributed by atoms with Gasteiger partial charge in [-0.2, -0.15) is 0 Å². The first-order valence-corrected chi connectivity index (χ1v) is 11.6. The van der Waals surface area contributed by atoms with Crippen molar-refractivity contribution in [3.8, 4) is 28.4 Å². The highest BCUT2D eigenvalue weighted by molar-refractivity contribution is 6.30. The largest absolute Gasteiger partial charge is 0.504 e. The lowest BCUT2D eigenvalue weighted by Crippen LogP contribution is -2.37. The van der Waals surface area contributed by atoms with Crippen molar-refractivity contribution < 1.29 is 10.2 Å². The van der Waals surface area contributed by atoms with Crippen LogP contribution in [0.15, 0.2) is 76.3 Å². The summed E-state index contributed by atoms with van der Waals surface area (Å²) in [6.07, 6.45) is 0. The van der Waals surface area contributed by atoms with Crippen LogP contribution >= 0.6 is 11.6 Å². The summed E-state index contributed by atoms with van der Waals surface area (Å²) in [5, 5.41) is 25.5. The van der Waals surface area contributed by atoms with E-state index in [1.165, 1.54) is 17.7 Å². The fourth-order valence-corrected chi connectivity index (χ4v) is 5.24. The molecule has 2 aromatic heterocycles. The number of para-hydroxylation sites is 3. The molecule has 0 fully saturated rings. The van der Waals surface area contributed by atoms with Crippen molar-refractivity contribution in [2.45, 2.75) is 6.04 Å². The molecule has 3 aromatic carbocycles. The van der Waals surface area contributed by atoms with Crippen LogP contribution in [0.3, 0.4) is 0 Å². The van der Waals surface area contributed by atoms with Gasteiger partial charge < -0.3 is 20.1 Å². The molecule has 1 aliphatic rings. The third-order valence-electron chi connectivity index (χ3n) is 6.80. The van der Waals surface area contributed by atoms with Crippen LogP contribution in [0.5, 0.6) is 11.5 Å². The van der Waals surface area contributed by atoms with Crippen LogP contribution in [0.4, 0.5) is 5.69 Å². The van der Waals surface area contributed by atoms with Gasteiger partial charge in [0.05, 0.1) is 39.7 Å². The SMILES string of the molecule is Cn1c(=O)c2c(-c3ccc(Cl)cc3)n3c(c2n(C)c1=O)[C@H](c1cccc(O)c1O)Nc1ccccc1-3. The highest BCUT2D eigenvalue weighted by atomic mass is 35.5. The maximum absolute atomic E-state index is 13.7. The van der Waals surface area contributed by atoms with Crippen molar-refractivity contribution in [1.29, 1.82) is 0 Å². The van der Waals surface area contributed by atoms with Gasteiger partial charge in [0, 0.05) is 24.7 Å². The number of aromatic nitrogens is 3. The van der Waals surface area contributed by atoms with E-state index in [2.05, 4.69) is 5.32 Å². The Balaban J connectivity index is 1.87. The summed E-state index contributed by atoms with van der Waals surface area (Å²) < 4.78 is 4.49. The van der Waals surface area contributed by atoms with E-state index in [0.29, 0.717) is 32.9 Å². The maximum Gasteiger partial charge on any atom is 0.331 e. The fourth-order valence-electron chi connectivity index (χ4n) is 5.11. The smallest absolute Gasteiger partial charge is 0.331 e. The maximum atomic E-state index is 13.7. The molecule has 0 bridgehead atoms. The minimum absolute atomic E-state index is 0.265. The van der Waals surface area contributed by atoms with Crippen LogP contribution in [0.2, 0.25) is 5.02 Å². The summed E-state index contributed by atoms with van der Waals surface area (Å²) in [7, 11) is 3.08.